The number of anilines is 1. The van der Waals surface area contributed by atoms with Gasteiger partial charge in [-0.3, -0.25) is 0 Å². The summed E-state index contributed by atoms with van der Waals surface area (Å²) >= 11 is 0. The van der Waals surface area contributed by atoms with Crippen molar-refractivity contribution in [3.05, 3.63) is 42.0 Å². The highest BCUT2D eigenvalue weighted by atomic mass is 14.9. The molecule has 0 heterocycles. The van der Waals surface area contributed by atoms with E-state index >= 15 is 0 Å². The van der Waals surface area contributed by atoms with E-state index in [1.165, 1.54) is 0 Å². The number of nitrogens with two attached hydrogens (primary N) is 1. The molecular weight excluding hydrogens is 222 g/mol. The van der Waals surface area contributed by atoms with Gasteiger partial charge in [-0.15, -0.1) is 0 Å². The lowest BCUT2D eigenvalue weighted by atomic mass is 10.0. The number of benzene rings is 2. The molecule has 2 rings (SSSR count). The largest absolute Gasteiger partial charge is 0.383 e. The molecule has 18 heavy (non-hydrogen) atoms. The first-order valence-electron chi connectivity index (χ1n) is 5.96. The van der Waals surface area contributed by atoms with E-state index in [0.29, 0.717) is 12.1 Å². The number of hydrogen-bond acceptors (Lipinski definition) is 3. The minimum absolute atomic E-state index is 0.269. The van der Waals surface area contributed by atoms with E-state index in [1.54, 1.807) is 0 Å². The molecule has 0 aromatic heterocycles. The summed E-state index contributed by atoms with van der Waals surface area (Å²) in [6.07, 6.45) is 0. The van der Waals surface area contributed by atoms with E-state index in [0.717, 1.165) is 16.5 Å². The Bertz CT molecular complexity index is 603. The molecule has 92 valence electrons. The molecule has 3 N–H and O–H groups in total. The van der Waals surface area contributed by atoms with E-state index < -0.39 is 0 Å². The van der Waals surface area contributed by atoms with Crippen molar-refractivity contribution in [2.45, 2.75) is 19.4 Å². The van der Waals surface area contributed by atoms with Gasteiger partial charge in [0.1, 0.15) is 0 Å². The van der Waals surface area contributed by atoms with Gasteiger partial charge in [0.25, 0.3) is 0 Å². The van der Waals surface area contributed by atoms with Crippen LogP contribution >= 0.6 is 0 Å². The van der Waals surface area contributed by atoms with Crippen molar-refractivity contribution in [3.63, 3.8) is 0 Å². The Hall–Kier alpha value is -2.05. The Kier molecular flexibility index (Phi) is 3.22. The number of fused-ring (bicyclic) bond motifs is 1. The Morgan fingerprint density at radius 2 is 1.83 bits per heavy atom. The van der Waals surface area contributed by atoms with Crippen LogP contribution in [0.5, 0.6) is 0 Å². The maximum Gasteiger partial charge on any atom is 0.0998 e. The molecule has 0 atom stereocenters. The quantitative estimate of drug-likeness (QED) is 0.865. The summed E-state index contributed by atoms with van der Waals surface area (Å²) in [5.41, 5.74) is 7.41. The fourth-order valence-electron chi connectivity index (χ4n) is 1.87. The highest BCUT2D eigenvalue weighted by Gasteiger charge is 2.11. The molecule has 0 radical (unpaired) electrons. The monoisotopic (exact) mass is 239 g/mol. The summed E-state index contributed by atoms with van der Waals surface area (Å²) in [6.45, 7) is 4.64. The average Bonchev–Trinajstić information content (AvgIpc) is 2.35. The topological polar surface area (TPSA) is 61.8 Å². The van der Waals surface area contributed by atoms with Crippen molar-refractivity contribution in [2.75, 3.05) is 11.9 Å². The molecule has 0 amide bonds. The lowest BCUT2D eigenvalue weighted by Crippen LogP contribution is -2.39. The number of hydrogen-bond donors (Lipinski definition) is 2. The smallest absolute Gasteiger partial charge is 0.0998 e. The lowest BCUT2D eigenvalue weighted by molar-refractivity contribution is 0.549. The molecule has 0 aliphatic rings. The fraction of sp³-hybridized carbons (Fsp3) is 0.267. The third kappa shape index (κ3) is 2.61. The van der Waals surface area contributed by atoms with Gasteiger partial charge in [0.2, 0.25) is 0 Å². The van der Waals surface area contributed by atoms with Gasteiger partial charge in [-0.05, 0) is 26.0 Å². The Morgan fingerprint density at radius 3 is 2.44 bits per heavy atom. The van der Waals surface area contributed by atoms with Crippen LogP contribution < -0.4 is 11.1 Å². The van der Waals surface area contributed by atoms with Crippen LogP contribution in [0.3, 0.4) is 0 Å². The summed E-state index contributed by atoms with van der Waals surface area (Å²) in [7, 11) is 0. The summed E-state index contributed by atoms with van der Waals surface area (Å²) in [5.74, 6) is 0. The van der Waals surface area contributed by atoms with E-state index in [9.17, 15) is 0 Å². The van der Waals surface area contributed by atoms with Gasteiger partial charge in [-0.1, -0.05) is 24.3 Å². The van der Waals surface area contributed by atoms with Crippen LogP contribution in [0, 0.1) is 11.3 Å². The number of nitriles is 1. The molecule has 0 spiro atoms. The van der Waals surface area contributed by atoms with Crippen LogP contribution in [-0.2, 0) is 0 Å². The molecule has 2 aromatic carbocycles. The van der Waals surface area contributed by atoms with Crippen molar-refractivity contribution in [1.29, 1.82) is 5.26 Å². The van der Waals surface area contributed by atoms with E-state index in [2.05, 4.69) is 11.4 Å². The Balaban J connectivity index is 2.44. The minimum atomic E-state index is -0.269. The van der Waals surface area contributed by atoms with Gasteiger partial charge in [-0.25, -0.2) is 0 Å². The first kappa shape index (κ1) is 12.4. The summed E-state index contributed by atoms with van der Waals surface area (Å²) < 4.78 is 0. The molecule has 0 fully saturated rings. The summed E-state index contributed by atoms with van der Waals surface area (Å²) in [6, 6.07) is 13.9. The highest BCUT2D eigenvalue weighted by Crippen LogP contribution is 2.26. The second-order valence-corrected chi connectivity index (χ2v) is 5.16. The second kappa shape index (κ2) is 4.67. The minimum Gasteiger partial charge on any atom is -0.383 e. The number of nitrogens with zero attached hydrogens (tertiary/aromatic N) is 1. The Morgan fingerprint density at radius 1 is 1.17 bits per heavy atom. The van der Waals surface area contributed by atoms with Crippen molar-refractivity contribution < 1.29 is 0 Å². The normalized spacial score (nSPS) is 11.2. The maximum absolute atomic E-state index is 9.10. The molecule has 0 aliphatic heterocycles. The molecule has 0 aliphatic carbocycles. The molecule has 0 saturated heterocycles. The van der Waals surface area contributed by atoms with Crippen molar-refractivity contribution in [3.8, 4) is 6.07 Å². The first-order valence-corrected chi connectivity index (χ1v) is 5.96. The predicted molar refractivity (Wildman–Crippen MR) is 75.4 cm³/mol. The van der Waals surface area contributed by atoms with Crippen LogP contribution in [0.1, 0.15) is 19.4 Å². The summed E-state index contributed by atoms with van der Waals surface area (Å²) in [5, 5.41) is 14.5. The van der Waals surface area contributed by atoms with Gasteiger partial charge in [-0.2, -0.15) is 5.26 Å². The lowest BCUT2D eigenvalue weighted by Gasteiger charge is -2.20. The zero-order valence-corrected chi connectivity index (χ0v) is 10.7. The van der Waals surface area contributed by atoms with Crippen LogP contribution in [0.2, 0.25) is 0 Å². The number of rotatable bonds is 3. The fourth-order valence-corrected chi connectivity index (χ4v) is 1.87. The molecule has 0 bridgehead atoms. The molecule has 0 saturated carbocycles. The van der Waals surface area contributed by atoms with Crippen molar-refractivity contribution in [2.24, 2.45) is 5.73 Å². The van der Waals surface area contributed by atoms with Crippen LogP contribution in [0.4, 0.5) is 5.69 Å². The van der Waals surface area contributed by atoms with Crippen molar-refractivity contribution in [1.82, 2.24) is 0 Å². The average molecular weight is 239 g/mol. The molecule has 3 nitrogen and oxygen atoms in total. The van der Waals surface area contributed by atoms with Crippen LogP contribution in [0.15, 0.2) is 36.4 Å². The molecule has 3 heteroatoms. The molecule has 0 unspecified atom stereocenters. The van der Waals surface area contributed by atoms with Crippen molar-refractivity contribution >= 4 is 16.5 Å². The second-order valence-electron chi connectivity index (χ2n) is 5.16. The molecule has 2 aromatic rings. The van der Waals surface area contributed by atoms with Gasteiger partial charge < -0.3 is 11.1 Å². The first-order chi connectivity index (χ1) is 8.51. The van der Waals surface area contributed by atoms with Crippen LogP contribution in [0.25, 0.3) is 10.8 Å². The van der Waals surface area contributed by atoms with Gasteiger partial charge in [0.15, 0.2) is 0 Å². The summed E-state index contributed by atoms with van der Waals surface area (Å²) in [4.78, 5) is 0. The highest BCUT2D eigenvalue weighted by molar-refractivity contribution is 5.97. The number of nitrogens with one attached hydrogen (secondary N) is 1. The maximum atomic E-state index is 9.10. The van der Waals surface area contributed by atoms with Gasteiger partial charge in [0, 0.05) is 28.5 Å². The van der Waals surface area contributed by atoms with E-state index in [1.807, 2.05) is 50.2 Å². The van der Waals surface area contributed by atoms with E-state index in [4.69, 9.17) is 11.0 Å². The third-order valence-corrected chi connectivity index (χ3v) is 2.78. The predicted octanol–water partition coefficient (Wildman–Crippen LogP) is 2.86. The van der Waals surface area contributed by atoms with E-state index in [-0.39, 0.29) is 5.54 Å². The SMILES string of the molecule is CC(C)(N)CNc1ccc(C#N)c2ccccc12. The third-order valence-electron chi connectivity index (χ3n) is 2.78. The standard InChI is InChI=1S/C15H17N3/c1-15(2,17)10-18-14-8-7-11(9-16)12-5-3-4-6-13(12)14/h3-8,18H,10,17H2,1-2H3. The Labute approximate surface area is 107 Å². The van der Waals surface area contributed by atoms with Crippen LogP contribution in [-0.4, -0.2) is 12.1 Å². The van der Waals surface area contributed by atoms with Gasteiger partial charge >= 0.3 is 0 Å². The zero-order chi connectivity index (χ0) is 13.2. The zero-order valence-electron chi connectivity index (χ0n) is 10.7. The van der Waals surface area contributed by atoms with Gasteiger partial charge in [0.05, 0.1) is 11.6 Å². The molecular formula is C15H17N3.